The van der Waals surface area contributed by atoms with Gasteiger partial charge in [-0.1, -0.05) is 0 Å². The van der Waals surface area contributed by atoms with E-state index in [1.54, 1.807) is 54.6 Å². The van der Waals surface area contributed by atoms with E-state index in [1.165, 1.54) is 11.3 Å². The molecule has 0 fully saturated rings. The van der Waals surface area contributed by atoms with Crippen molar-refractivity contribution < 1.29 is 9.59 Å². The molecule has 2 amide bonds. The van der Waals surface area contributed by atoms with Gasteiger partial charge in [0, 0.05) is 30.1 Å². The van der Waals surface area contributed by atoms with E-state index in [1.807, 2.05) is 31.2 Å². The Morgan fingerprint density at radius 1 is 0.857 bits per heavy atom. The molecule has 142 valence electrons. The zero-order valence-corrected chi connectivity index (χ0v) is 17.5. The molecule has 0 N–H and O–H groups in total. The standard InChI is InChI=1S/C20H18N4O2S2/c1-5-21-22-10-12-7-9-14(28-12)18-16-15(19(25)24(18)4)17(23(3)20(16)26)13-8-6-11(2)27-13/h5-10H,1-4H3/b21-5+,22-10+. The van der Waals surface area contributed by atoms with E-state index in [0.717, 1.165) is 19.5 Å². The van der Waals surface area contributed by atoms with Gasteiger partial charge < -0.3 is 9.80 Å². The second-order valence-electron chi connectivity index (χ2n) is 6.41. The van der Waals surface area contributed by atoms with Crippen molar-refractivity contribution in [2.24, 2.45) is 10.2 Å². The molecule has 4 rings (SSSR count). The van der Waals surface area contributed by atoms with Gasteiger partial charge in [-0.3, -0.25) is 9.59 Å². The van der Waals surface area contributed by atoms with Crippen LogP contribution in [0.25, 0.3) is 11.4 Å². The Balaban J connectivity index is 1.86. The van der Waals surface area contributed by atoms with Crippen molar-refractivity contribution in [1.82, 2.24) is 9.80 Å². The van der Waals surface area contributed by atoms with E-state index >= 15 is 0 Å². The van der Waals surface area contributed by atoms with Crippen molar-refractivity contribution in [2.75, 3.05) is 14.1 Å². The lowest BCUT2D eigenvalue weighted by Crippen LogP contribution is -2.24. The van der Waals surface area contributed by atoms with Crippen molar-refractivity contribution in [1.29, 1.82) is 0 Å². The minimum atomic E-state index is -0.150. The summed E-state index contributed by atoms with van der Waals surface area (Å²) in [5, 5.41) is 7.79. The highest BCUT2D eigenvalue weighted by molar-refractivity contribution is 7.15. The predicted molar refractivity (Wildman–Crippen MR) is 115 cm³/mol. The fourth-order valence-electron chi connectivity index (χ4n) is 3.37. The maximum Gasteiger partial charge on any atom is 0.261 e. The smallest absolute Gasteiger partial charge is 0.261 e. The summed E-state index contributed by atoms with van der Waals surface area (Å²) in [6, 6.07) is 7.79. The Labute approximate surface area is 170 Å². The Hall–Kier alpha value is -2.84. The molecule has 2 aromatic rings. The Bertz CT molecular complexity index is 1120. The van der Waals surface area contributed by atoms with Crippen LogP contribution in [0.4, 0.5) is 0 Å². The maximum absolute atomic E-state index is 13.1. The van der Waals surface area contributed by atoms with Gasteiger partial charge in [0.2, 0.25) is 0 Å². The first kappa shape index (κ1) is 18.5. The molecule has 6 nitrogen and oxygen atoms in total. The van der Waals surface area contributed by atoms with Gasteiger partial charge >= 0.3 is 0 Å². The summed E-state index contributed by atoms with van der Waals surface area (Å²) in [4.78, 5) is 33.2. The zero-order chi connectivity index (χ0) is 20.0. The van der Waals surface area contributed by atoms with Gasteiger partial charge in [-0.2, -0.15) is 10.2 Å². The second kappa shape index (κ2) is 6.96. The lowest BCUT2D eigenvalue weighted by atomic mass is 10.1. The molecule has 2 aliphatic rings. The zero-order valence-electron chi connectivity index (χ0n) is 15.9. The molecular formula is C20H18N4O2S2. The lowest BCUT2D eigenvalue weighted by molar-refractivity contribution is -0.123. The second-order valence-corrected chi connectivity index (χ2v) is 8.81. The fourth-order valence-corrected chi connectivity index (χ4v) is 5.29. The molecule has 4 heterocycles. The van der Waals surface area contributed by atoms with Gasteiger partial charge in [0.15, 0.2) is 0 Å². The fraction of sp³-hybridized carbons (Fsp3) is 0.200. The number of amides is 2. The number of rotatable bonds is 4. The van der Waals surface area contributed by atoms with E-state index in [4.69, 9.17) is 0 Å². The van der Waals surface area contributed by atoms with E-state index < -0.39 is 0 Å². The van der Waals surface area contributed by atoms with Crippen LogP contribution in [0.2, 0.25) is 0 Å². The molecule has 0 unspecified atom stereocenters. The average Bonchev–Trinajstić information content (AvgIpc) is 3.40. The molecule has 28 heavy (non-hydrogen) atoms. The number of likely N-dealkylation sites (N-methyl/N-ethyl adjacent to an activating group) is 2. The van der Waals surface area contributed by atoms with Crippen molar-refractivity contribution in [2.45, 2.75) is 13.8 Å². The lowest BCUT2D eigenvalue weighted by Gasteiger charge is -2.18. The summed E-state index contributed by atoms with van der Waals surface area (Å²) < 4.78 is 0. The largest absolute Gasteiger partial charge is 0.309 e. The van der Waals surface area contributed by atoms with Crippen LogP contribution in [0.15, 0.2) is 45.6 Å². The molecule has 0 aromatic carbocycles. The highest BCUT2D eigenvalue weighted by atomic mass is 32.1. The third-order valence-corrected chi connectivity index (χ3v) is 6.67. The molecule has 0 bridgehead atoms. The molecule has 0 spiro atoms. The number of hydrogen-bond donors (Lipinski definition) is 0. The maximum atomic E-state index is 13.1. The van der Waals surface area contributed by atoms with E-state index in [-0.39, 0.29) is 11.8 Å². The van der Waals surface area contributed by atoms with Crippen molar-refractivity contribution in [3.8, 4) is 0 Å². The van der Waals surface area contributed by atoms with Crippen LogP contribution >= 0.6 is 22.7 Å². The monoisotopic (exact) mass is 410 g/mol. The van der Waals surface area contributed by atoms with Gasteiger partial charge in [0.1, 0.15) is 0 Å². The summed E-state index contributed by atoms with van der Waals surface area (Å²) in [6.45, 7) is 3.81. The van der Waals surface area contributed by atoms with Gasteiger partial charge in [-0.25, -0.2) is 0 Å². The highest BCUT2D eigenvalue weighted by Gasteiger charge is 2.47. The minimum Gasteiger partial charge on any atom is -0.309 e. The number of nitrogens with zero attached hydrogens (tertiary/aromatic N) is 4. The molecule has 0 aliphatic carbocycles. The van der Waals surface area contributed by atoms with Crippen molar-refractivity contribution in [3.63, 3.8) is 0 Å². The number of aryl methyl sites for hydroxylation is 1. The molecule has 0 atom stereocenters. The van der Waals surface area contributed by atoms with Crippen LogP contribution in [0.3, 0.4) is 0 Å². The van der Waals surface area contributed by atoms with Gasteiger partial charge in [-0.05, 0) is 38.1 Å². The molecule has 0 saturated heterocycles. The molecule has 2 aliphatic heterocycles. The Kier molecular flexibility index (Phi) is 4.60. The number of hydrogen-bond acceptors (Lipinski definition) is 6. The normalized spacial score (nSPS) is 17.4. The van der Waals surface area contributed by atoms with Crippen LogP contribution < -0.4 is 0 Å². The van der Waals surface area contributed by atoms with Crippen LogP contribution in [-0.4, -0.2) is 48.1 Å². The van der Waals surface area contributed by atoms with E-state index in [0.29, 0.717) is 22.5 Å². The summed E-state index contributed by atoms with van der Waals surface area (Å²) in [6.07, 6.45) is 3.27. The first-order valence-corrected chi connectivity index (χ1v) is 10.3. The van der Waals surface area contributed by atoms with Crippen molar-refractivity contribution in [3.05, 3.63) is 54.9 Å². The number of thiophene rings is 2. The van der Waals surface area contributed by atoms with Gasteiger partial charge in [0.25, 0.3) is 11.8 Å². The third kappa shape index (κ3) is 2.76. The number of carbonyl (C=O) groups excluding carboxylic acids is 2. The number of carbonyl (C=O) groups is 2. The third-order valence-electron chi connectivity index (χ3n) is 4.63. The predicted octanol–water partition coefficient (Wildman–Crippen LogP) is 3.61. The van der Waals surface area contributed by atoms with Gasteiger partial charge in [-0.15, -0.1) is 22.7 Å². The van der Waals surface area contributed by atoms with Crippen molar-refractivity contribution >= 4 is 58.3 Å². The Morgan fingerprint density at radius 3 is 1.96 bits per heavy atom. The Morgan fingerprint density at radius 2 is 1.43 bits per heavy atom. The average molecular weight is 411 g/mol. The SMILES string of the molecule is C/C=N/N=C/c1ccc(C2=C3C(=O)N(C)C(c4ccc(C)s4)=C3C(=O)N2C)s1. The minimum absolute atomic E-state index is 0.150. The summed E-state index contributed by atoms with van der Waals surface area (Å²) in [5.74, 6) is -0.300. The first-order valence-electron chi connectivity index (χ1n) is 8.67. The first-order chi connectivity index (χ1) is 13.4. The quantitative estimate of drug-likeness (QED) is 0.571. The van der Waals surface area contributed by atoms with E-state index in [2.05, 4.69) is 10.2 Å². The van der Waals surface area contributed by atoms with Crippen LogP contribution in [0.5, 0.6) is 0 Å². The summed E-state index contributed by atoms with van der Waals surface area (Å²) in [5.41, 5.74) is 2.32. The number of fused-ring (bicyclic) bond motifs is 1. The van der Waals surface area contributed by atoms with Gasteiger partial charge in [0.05, 0.1) is 38.5 Å². The van der Waals surface area contributed by atoms with Crippen LogP contribution in [0, 0.1) is 6.92 Å². The molecule has 0 radical (unpaired) electrons. The topological polar surface area (TPSA) is 65.3 Å². The molecule has 2 aromatic heterocycles. The van der Waals surface area contributed by atoms with E-state index in [9.17, 15) is 9.59 Å². The highest BCUT2D eigenvalue weighted by Crippen LogP contribution is 2.47. The summed E-state index contributed by atoms with van der Waals surface area (Å²) in [7, 11) is 3.45. The molecular weight excluding hydrogens is 392 g/mol. The molecule has 8 heteroatoms. The molecule has 0 saturated carbocycles. The van der Waals surface area contributed by atoms with Crippen LogP contribution in [-0.2, 0) is 9.59 Å². The van der Waals surface area contributed by atoms with Crippen LogP contribution in [0.1, 0.15) is 26.4 Å². The summed E-state index contributed by atoms with van der Waals surface area (Å²) >= 11 is 3.06.